The maximum Gasteiger partial charge on any atom is 0.242 e. The molecule has 1 aromatic heterocycles. The van der Waals surface area contributed by atoms with Gasteiger partial charge in [0.2, 0.25) is 15.9 Å². The highest BCUT2D eigenvalue weighted by Crippen LogP contribution is 2.21. The number of imidazole rings is 1. The van der Waals surface area contributed by atoms with Gasteiger partial charge >= 0.3 is 0 Å². The lowest BCUT2D eigenvalue weighted by Crippen LogP contribution is -2.43. The average Bonchev–Trinajstić information content (AvgIpc) is 3.03. The molecule has 0 atom stereocenters. The van der Waals surface area contributed by atoms with Crippen molar-refractivity contribution in [2.45, 2.75) is 32.6 Å². The van der Waals surface area contributed by atoms with E-state index in [1.165, 1.54) is 4.31 Å². The summed E-state index contributed by atoms with van der Waals surface area (Å²) in [5.41, 5.74) is 4.53. The Hall–Kier alpha value is -1.93. The van der Waals surface area contributed by atoms with Gasteiger partial charge < -0.3 is 0 Å². The molecule has 0 spiro atoms. The van der Waals surface area contributed by atoms with E-state index in [9.17, 15) is 13.2 Å². The van der Waals surface area contributed by atoms with Crippen molar-refractivity contribution < 1.29 is 13.2 Å². The minimum Gasteiger partial charge on any atom is -0.273 e. The van der Waals surface area contributed by atoms with Crippen LogP contribution in [0.5, 0.6) is 0 Å². The number of aromatic nitrogens is 2. The molecule has 0 bridgehead atoms. The second kappa shape index (κ2) is 7.53. The molecule has 1 N–H and O–H groups in total. The zero-order valence-corrected chi connectivity index (χ0v) is 15.2. The van der Waals surface area contributed by atoms with Crippen molar-refractivity contribution in [3.8, 4) is 0 Å². The number of carbonyl (C=O) groups is 1. The minimum atomic E-state index is -3.19. The lowest BCUT2D eigenvalue weighted by molar-refractivity contribution is -0.121. The maximum absolute atomic E-state index is 12.5. The Morgan fingerprint density at radius 2 is 2.00 bits per heavy atom. The van der Waals surface area contributed by atoms with E-state index in [4.69, 9.17) is 0 Å². The van der Waals surface area contributed by atoms with Crippen LogP contribution in [0.3, 0.4) is 0 Å². The number of unbranched alkanes of at least 4 members (excludes halogenated alkanes) is 1. The largest absolute Gasteiger partial charge is 0.273 e. The Labute approximate surface area is 148 Å². The lowest BCUT2D eigenvalue weighted by atomic mass is 9.98. The van der Waals surface area contributed by atoms with Gasteiger partial charge in [0.25, 0.3) is 0 Å². The van der Waals surface area contributed by atoms with E-state index in [0.717, 1.165) is 17.5 Å². The Bertz CT molecular complexity index is 838. The second-order valence-corrected chi connectivity index (χ2v) is 8.51. The third kappa shape index (κ3) is 4.01. The molecule has 1 amide bonds. The van der Waals surface area contributed by atoms with Crippen molar-refractivity contribution in [3.05, 3.63) is 30.6 Å². The molecule has 3 rings (SSSR count). The standard InChI is InChI=1S/C17H24N4O3S/c1-2-3-12-25(23,24)20-10-8-14(9-11-20)17(22)19-21-13-18-15-6-4-5-7-16(15)21/h4-7,13-14H,2-3,8-12H2,1H3,(H,19,22). The first kappa shape index (κ1) is 17.9. The summed E-state index contributed by atoms with van der Waals surface area (Å²) in [5.74, 6) is -0.0750. The molecule has 1 fully saturated rings. The number of rotatable bonds is 6. The molecule has 1 aliphatic rings. The predicted molar refractivity (Wildman–Crippen MR) is 97.1 cm³/mol. The summed E-state index contributed by atoms with van der Waals surface area (Å²) in [6, 6.07) is 7.58. The molecule has 0 saturated carbocycles. The fourth-order valence-corrected chi connectivity index (χ4v) is 4.79. The molecule has 0 unspecified atom stereocenters. The molecule has 2 heterocycles. The third-order valence-electron chi connectivity index (χ3n) is 4.66. The SMILES string of the molecule is CCCCS(=O)(=O)N1CCC(C(=O)Nn2cnc3ccccc32)CC1. The molecule has 1 aliphatic heterocycles. The summed E-state index contributed by atoms with van der Waals surface area (Å²) in [7, 11) is -3.19. The van der Waals surface area contributed by atoms with Crippen molar-refractivity contribution in [3.63, 3.8) is 0 Å². The van der Waals surface area contributed by atoms with Crippen LogP contribution in [0.2, 0.25) is 0 Å². The molecular formula is C17H24N4O3S. The number of carbonyl (C=O) groups excluding carboxylic acids is 1. The van der Waals surface area contributed by atoms with Crippen LogP contribution in [0.4, 0.5) is 0 Å². The van der Waals surface area contributed by atoms with Gasteiger partial charge in [-0.1, -0.05) is 25.5 Å². The molecule has 0 aliphatic carbocycles. The van der Waals surface area contributed by atoms with Gasteiger partial charge in [0, 0.05) is 19.0 Å². The molecule has 2 aromatic rings. The molecule has 1 aromatic carbocycles. The van der Waals surface area contributed by atoms with E-state index in [1.807, 2.05) is 31.2 Å². The van der Waals surface area contributed by atoms with Crippen LogP contribution in [0.1, 0.15) is 32.6 Å². The number of piperidine rings is 1. The number of fused-ring (bicyclic) bond motifs is 1. The highest BCUT2D eigenvalue weighted by atomic mass is 32.2. The first-order valence-electron chi connectivity index (χ1n) is 8.72. The van der Waals surface area contributed by atoms with E-state index >= 15 is 0 Å². The number of hydrogen-bond acceptors (Lipinski definition) is 4. The van der Waals surface area contributed by atoms with Crippen molar-refractivity contribution >= 4 is 27.0 Å². The van der Waals surface area contributed by atoms with Crippen LogP contribution in [-0.4, -0.2) is 47.1 Å². The number of hydrogen-bond donors (Lipinski definition) is 1. The van der Waals surface area contributed by atoms with Crippen molar-refractivity contribution in [1.29, 1.82) is 0 Å². The zero-order chi connectivity index (χ0) is 17.9. The van der Waals surface area contributed by atoms with Gasteiger partial charge in [-0.2, -0.15) is 0 Å². The zero-order valence-electron chi connectivity index (χ0n) is 14.4. The molecule has 136 valence electrons. The lowest BCUT2D eigenvalue weighted by Gasteiger charge is -2.30. The Kier molecular flexibility index (Phi) is 5.39. The molecule has 8 heteroatoms. The topological polar surface area (TPSA) is 84.3 Å². The summed E-state index contributed by atoms with van der Waals surface area (Å²) < 4.78 is 27.6. The van der Waals surface area contributed by atoms with Crippen molar-refractivity contribution in [2.75, 3.05) is 24.3 Å². The number of nitrogens with zero attached hydrogens (tertiary/aromatic N) is 3. The van der Waals surface area contributed by atoms with Gasteiger partial charge in [0.05, 0.1) is 16.8 Å². The highest BCUT2D eigenvalue weighted by molar-refractivity contribution is 7.89. The van der Waals surface area contributed by atoms with Crippen molar-refractivity contribution in [2.24, 2.45) is 5.92 Å². The van der Waals surface area contributed by atoms with Gasteiger partial charge in [0.15, 0.2) is 0 Å². The predicted octanol–water partition coefficient (Wildman–Crippen LogP) is 1.95. The molecule has 0 radical (unpaired) electrons. The third-order valence-corrected chi connectivity index (χ3v) is 6.61. The van der Waals surface area contributed by atoms with Gasteiger partial charge in [-0.3, -0.25) is 10.2 Å². The van der Waals surface area contributed by atoms with Gasteiger partial charge in [0.1, 0.15) is 6.33 Å². The Morgan fingerprint density at radius 1 is 1.28 bits per heavy atom. The van der Waals surface area contributed by atoms with E-state index in [1.54, 1.807) is 11.0 Å². The molecule has 7 nitrogen and oxygen atoms in total. The maximum atomic E-state index is 12.5. The minimum absolute atomic E-state index is 0.0891. The number of para-hydroxylation sites is 2. The van der Waals surface area contributed by atoms with Crippen LogP contribution in [0, 0.1) is 5.92 Å². The van der Waals surface area contributed by atoms with Gasteiger partial charge in [-0.15, -0.1) is 0 Å². The fourth-order valence-electron chi connectivity index (χ4n) is 3.11. The highest BCUT2D eigenvalue weighted by Gasteiger charge is 2.30. The van der Waals surface area contributed by atoms with Crippen LogP contribution in [0.25, 0.3) is 11.0 Å². The number of sulfonamides is 1. The average molecular weight is 364 g/mol. The molecular weight excluding hydrogens is 340 g/mol. The smallest absolute Gasteiger partial charge is 0.242 e. The van der Waals surface area contributed by atoms with E-state index < -0.39 is 10.0 Å². The van der Waals surface area contributed by atoms with Crippen molar-refractivity contribution in [1.82, 2.24) is 14.0 Å². The first-order chi connectivity index (χ1) is 12.0. The number of amides is 1. The van der Waals surface area contributed by atoms with Gasteiger partial charge in [-0.05, 0) is 31.4 Å². The summed E-state index contributed by atoms with van der Waals surface area (Å²) in [5, 5.41) is 0. The van der Waals surface area contributed by atoms with Crippen LogP contribution >= 0.6 is 0 Å². The quantitative estimate of drug-likeness (QED) is 0.849. The van der Waals surface area contributed by atoms with E-state index in [-0.39, 0.29) is 17.6 Å². The normalized spacial score (nSPS) is 17.0. The van der Waals surface area contributed by atoms with Crippen LogP contribution in [-0.2, 0) is 14.8 Å². The summed E-state index contributed by atoms with van der Waals surface area (Å²) >= 11 is 0. The summed E-state index contributed by atoms with van der Waals surface area (Å²) in [4.78, 5) is 16.8. The van der Waals surface area contributed by atoms with Crippen LogP contribution in [0.15, 0.2) is 30.6 Å². The monoisotopic (exact) mass is 364 g/mol. The Morgan fingerprint density at radius 3 is 2.72 bits per heavy atom. The Balaban J connectivity index is 1.58. The summed E-state index contributed by atoms with van der Waals surface area (Å²) in [6.45, 7) is 2.80. The molecule has 1 saturated heterocycles. The number of benzene rings is 1. The van der Waals surface area contributed by atoms with E-state index in [2.05, 4.69) is 10.4 Å². The van der Waals surface area contributed by atoms with Gasteiger partial charge in [-0.25, -0.2) is 22.4 Å². The summed E-state index contributed by atoms with van der Waals surface area (Å²) in [6.07, 6.45) is 4.22. The first-order valence-corrected chi connectivity index (χ1v) is 10.3. The van der Waals surface area contributed by atoms with E-state index in [0.29, 0.717) is 32.4 Å². The van der Waals surface area contributed by atoms with Crippen LogP contribution < -0.4 is 5.43 Å². The fraction of sp³-hybridized carbons (Fsp3) is 0.529. The second-order valence-electron chi connectivity index (χ2n) is 6.42. The number of nitrogens with one attached hydrogen (secondary N) is 1. The molecule has 25 heavy (non-hydrogen) atoms.